The van der Waals surface area contributed by atoms with Crippen LogP contribution in [-0.2, 0) is 30.7 Å². The van der Waals surface area contributed by atoms with E-state index >= 15 is 0 Å². The van der Waals surface area contributed by atoms with Crippen molar-refractivity contribution in [1.82, 2.24) is 20.1 Å². The third kappa shape index (κ3) is 9.14. The van der Waals surface area contributed by atoms with E-state index in [4.69, 9.17) is 9.31 Å². The van der Waals surface area contributed by atoms with Crippen molar-refractivity contribution in [2.75, 3.05) is 11.9 Å². The van der Waals surface area contributed by atoms with Crippen molar-refractivity contribution in [3.05, 3.63) is 65.2 Å². The van der Waals surface area contributed by atoms with Gasteiger partial charge in [0.25, 0.3) is 5.91 Å². The molecule has 6 atom stereocenters. The van der Waals surface area contributed by atoms with Gasteiger partial charge in [0.05, 0.1) is 17.6 Å². The van der Waals surface area contributed by atoms with Crippen molar-refractivity contribution < 1.29 is 32.1 Å². The molecule has 4 fully saturated rings. The van der Waals surface area contributed by atoms with E-state index in [0.717, 1.165) is 43.2 Å². The van der Waals surface area contributed by atoms with Crippen LogP contribution in [0.15, 0.2) is 48.5 Å². The quantitative estimate of drug-likeness (QED) is 0.163. The molecule has 1 heterocycles. The number of aryl methyl sites for hydroxylation is 2. The highest BCUT2D eigenvalue weighted by atomic mass is 32.2. The van der Waals surface area contributed by atoms with E-state index < -0.39 is 59.3 Å². The maximum absolute atomic E-state index is 14.1. The molecule has 4 amide bonds. The van der Waals surface area contributed by atoms with Crippen LogP contribution in [0.5, 0.6) is 0 Å². The Balaban J connectivity index is 1.31. The third-order valence-electron chi connectivity index (χ3n) is 11.0. The first-order chi connectivity index (χ1) is 24.0. The Morgan fingerprint density at radius 2 is 1.75 bits per heavy atom. The number of rotatable bonds is 15. The first-order valence-electron chi connectivity index (χ1n) is 18.2. The standard InChI is InChI=1S/C37H54BN5O7S/c1-8-9-11-25-12-10-13-26(19-25)33(44)41-29(22-39-51(47,48)43-35(46)40-28-16-14-24(4)15-17-28)34(45)42-32(18-23(2)3)38-49-31-21-27-20-30(36(27,5)6)37(31,7)50-38/h10,12-17,19,23,27,29-32,39H,8-9,11,18,20-22H2,1-7H3,(H,41,44)(H,42,45)(H2,40,43,46)/t27-,29-,30-,31+,32-,37-/m0/s1. The number of urea groups is 1. The molecule has 1 aliphatic heterocycles. The van der Waals surface area contributed by atoms with Gasteiger partial charge in [0.15, 0.2) is 0 Å². The van der Waals surface area contributed by atoms with Crippen LogP contribution in [0.3, 0.4) is 0 Å². The molecule has 0 radical (unpaired) electrons. The van der Waals surface area contributed by atoms with E-state index in [1.807, 2.05) is 31.6 Å². The Kier molecular flexibility index (Phi) is 11.9. The molecule has 3 saturated carbocycles. The zero-order valence-corrected chi connectivity index (χ0v) is 31.7. The van der Waals surface area contributed by atoms with E-state index in [-0.39, 0.29) is 17.4 Å². The molecule has 278 valence electrons. The van der Waals surface area contributed by atoms with Crippen molar-refractivity contribution in [2.45, 2.75) is 111 Å². The number of carbonyl (C=O) groups excluding carboxylic acids is 3. The molecule has 6 rings (SSSR count). The second kappa shape index (κ2) is 15.7. The molecule has 0 unspecified atom stereocenters. The molecule has 12 nitrogen and oxygen atoms in total. The van der Waals surface area contributed by atoms with Gasteiger partial charge in [-0.05, 0) is 98.9 Å². The largest absolute Gasteiger partial charge is 0.481 e. The van der Waals surface area contributed by atoms with Gasteiger partial charge in [-0.25, -0.2) is 9.52 Å². The lowest BCUT2D eigenvalue weighted by molar-refractivity contribution is -0.199. The molecule has 2 bridgehead atoms. The Morgan fingerprint density at radius 1 is 1.02 bits per heavy atom. The van der Waals surface area contributed by atoms with Crippen LogP contribution in [-0.4, -0.2) is 63.6 Å². The van der Waals surface area contributed by atoms with Gasteiger partial charge in [-0.2, -0.15) is 13.1 Å². The van der Waals surface area contributed by atoms with Crippen LogP contribution < -0.4 is 25.4 Å². The summed E-state index contributed by atoms with van der Waals surface area (Å²) in [5.74, 6) is -0.656. The fourth-order valence-corrected chi connectivity index (χ4v) is 8.70. The molecule has 4 aliphatic rings. The molecule has 2 aromatic carbocycles. The number of unbranched alkanes of at least 4 members (excludes halogenated alkanes) is 1. The Bertz CT molecular complexity index is 1690. The van der Waals surface area contributed by atoms with Crippen LogP contribution in [0.1, 0.15) is 95.1 Å². The highest BCUT2D eigenvalue weighted by Gasteiger charge is 2.68. The van der Waals surface area contributed by atoms with Crippen molar-refractivity contribution in [2.24, 2.45) is 23.2 Å². The Labute approximate surface area is 303 Å². The lowest BCUT2D eigenvalue weighted by atomic mass is 9.43. The lowest BCUT2D eigenvalue weighted by Gasteiger charge is -2.64. The maximum atomic E-state index is 14.1. The molecule has 3 aliphatic carbocycles. The fourth-order valence-electron chi connectivity index (χ4n) is 7.94. The van der Waals surface area contributed by atoms with Crippen LogP contribution in [0.4, 0.5) is 10.5 Å². The summed E-state index contributed by atoms with van der Waals surface area (Å²) < 4.78 is 43.4. The first kappa shape index (κ1) is 38.8. The van der Waals surface area contributed by atoms with Crippen molar-refractivity contribution in [3.8, 4) is 0 Å². The molecule has 5 N–H and O–H groups in total. The number of carbonyl (C=O) groups is 3. The van der Waals surface area contributed by atoms with E-state index in [1.54, 1.807) is 42.5 Å². The molecule has 1 saturated heterocycles. The summed E-state index contributed by atoms with van der Waals surface area (Å²) in [4.78, 5) is 40.2. The normalized spacial score (nSPS) is 24.5. The predicted molar refractivity (Wildman–Crippen MR) is 198 cm³/mol. The lowest BCUT2D eigenvalue weighted by Crippen LogP contribution is -2.65. The monoisotopic (exact) mass is 723 g/mol. The Morgan fingerprint density at radius 3 is 2.41 bits per heavy atom. The average molecular weight is 724 g/mol. The van der Waals surface area contributed by atoms with Crippen LogP contribution >= 0.6 is 0 Å². The van der Waals surface area contributed by atoms with Gasteiger partial charge in [-0.3, -0.25) is 9.59 Å². The summed E-state index contributed by atoms with van der Waals surface area (Å²) in [6.45, 7) is 14.2. The topological polar surface area (TPSA) is 164 Å². The second-order valence-corrected chi connectivity index (χ2v) is 17.2. The number of amides is 4. The molecular formula is C37H54BN5O7S. The minimum Gasteiger partial charge on any atom is -0.404 e. The van der Waals surface area contributed by atoms with E-state index in [1.165, 1.54) is 0 Å². The summed E-state index contributed by atoms with van der Waals surface area (Å²) in [7, 11) is -5.16. The molecule has 14 heteroatoms. The summed E-state index contributed by atoms with van der Waals surface area (Å²) in [5, 5.41) is 8.24. The first-order valence-corrected chi connectivity index (χ1v) is 19.7. The van der Waals surface area contributed by atoms with Crippen LogP contribution in [0.2, 0.25) is 0 Å². The van der Waals surface area contributed by atoms with E-state index in [0.29, 0.717) is 29.5 Å². The van der Waals surface area contributed by atoms with E-state index in [9.17, 15) is 22.8 Å². The Hall–Kier alpha value is -3.46. The number of hydrogen-bond acceptors (Lipinski definition) is 7. The highest BCUT2D eigenvalue weighted by molar-refractivity contribution is 7.88. The van der Waals surface area contributed by atoms with Crippen LogP contribution in [0.25, 0.3) is 0 Å². The van der Waals surface area contributed by atoms with E-state index in [2.05, 4.69) is 48.4 Å². The highest BCUT2D eigenvalue weighted by Crippen LogP contribution is 2.65. The summed E-state index contributed by atoms with van der Waals surface area (Å²) >= 11 is 0. The van der Waals surface area contributed by atoms with Crippen molar-refractivity contribution in [3.63, 3.8) is 0 Å². The summed E-state index contributed by atoms with van der Waals surface area (Å²) in [5.41, 5.74) is 2.37. The van der Waals surface area contributed by atoms with Gasteiger partial charge in [0.2, 0.25) is 5.91 Å². The fraction of sp³-hybridized carbons (Fsp3) is 0.595. The zero-order valence-electron chi connectivity index (χ0n) is 30.9. The minimum absolute atomic E-state index is 0.0923. The second-order valence-electron chi connectivity index (χ2n) is 15.7. The van der Waals surface area contributed by atoms with Gasteiger partial charge in [0.1, 0.15) is 6.04 Å². The van der Waals surface area contributed by atoms with Gasteiger partial charge < -0.3 is 25.3 Å². The molecule has 51 heavy (non-hydrogen) atoms. The maximum Gasteiger partial charge on any atom is 0.481 e. The SMILES string of the molecule is CCCCc1cccc(C(=O)N[C@@H](CNS(=O)(=O)NC(=O)Nc2ccc(C)cc2)C(=O)N[C@@H](CC(C)C)B2O[C@@H]3C[C@@H]4C[C@@H](C4(C)C)[C@]3(C)O2)c1. The molecule has 2 aromatic rings. The smallest absolute Gasteiger partial charge is 0.404 e. The zero-order chi connectivity index (χ0) is 37.1. The number of benzene rings is 2. The number of nitrogens with one attached hydrogen (secondary N) is 5. The number of hydrogen-bond donors (Lipinski definition) is 5. The van der Waals surface area contributed by atoms with Gasteiger partial charge in [0, 0.05) is 17.8 Å². The third-order valence-corrected chi connectivity index (χ3v) is 12.0. The van der Waals surface area contributed by atoms with Gasteiger partial charge in [-0.15, -0.1) is 0 Å². The average Bonchev–Trinajstić information content (AvgIpc) is 3.43. The van der Waals surface area contributed by atoms with Crippen molar-refractivity contribution in [1.29, 1.82) is 0 Å². The molecular weight excluding hydrogens is 669 g/mol. The van der Waals surface area contributed by atoms with Crippen LogP contribution in [0, 0.1) is 30.1 Å². The predicted octanol–water partition coefficient (Wildman–Crippen LogP) is 4.89. The summed E-state index contributed by atoms with van der Waals surface area (Å²) in [6.07, 6.45) is 5.18. The minimum atomic E-state index is -4.45. The van der Waals surface area contributed by atoms with Gasteiger partial charge in [-0.1, -0.05) is 70.9 Å². The van der Waals surface area contributed by atoms with Crippen molar-refractivity contribution >= 4 is 40.9 Å². The summed E-state index contributed by atoms with van der Waals surface area (Å²) in [6, 6.07) is 11.7. The number of anilines is 1. The van der Waals surface area contributed by atoms with Gasteiger partial charge >= 0.3 is 23.4 Å². The molecule has 0 spiro atoms. The molecule has 0 aromatic heterocycles.